The molecule has 1 aliphatic heterocycles. The highest BCUT2D eigenvalue weighted by molar-refractivity contribution is 9.10. The van der Waals surface area contributed by atoms with Crippen molar-refractivity contribution in [2.24, 2.45) is 5.92 Å². The second-order valence-electron chi connectivity index (χ2n) is 6.85. The summed E-state index contributed by atoms with van der Waals surface area (Å²) in [6.07, 6.45) is 1.60. The lowest BCUT2D eigenvalue weighted by atomic mass is 9.91. The first kappa shape index (κ1) is 17.6. The van der Waals surface area contributed by atoms with Crippen molar-refractivity contribution in [1.82, 2.24) is 9.97 Å². The Balaban J connectivity index is 1.90. The van der Waals surface area contributed by atoms with Gasteiger partial charge in [-0.3, -0.25) is 9.69 Å². The number of benzene rings is 2. The number of hydrogen-bond acceptors (Lipinski definition) is 4. The van der Waals surface area contributed by atoms with E-state index in [4.69, 9.17) is 0 Å². The number of anilines is 1. The van der Waals surface area contributed by atoms with Crippen molar-refractivity contribution in [2.45, 2.75) is 19.9 Å². The molecule has 0 spiro atoms. The lowest BCUT2D eigenvalue weighted by Gasteiger charge is -2.28. The van der Waals surface area contributed by atoms with Gasteiger partial charge in [0.2, 0.25) is 0 Å². The number of aliphatic hydroxyl groups excluding tert-OH is 1. The van der Waals surface area contributed by atoms with E-state index < -0.39 is 11.9 Å². The zero-order valence-electron chi connectivity index (χ0n) is 14.8. The van der Waals surface area contributed by atoms with E-state index in [1.165, 1.54) is 0 Å². The molecule has 2 aromatic carbocycles. The van der Waals surface area contributed by atoms with Gasteiger partial charge in [-0.1, -0.05) is 19.9 Å². The number of carbonyl (C=O) groups is 1. The highest BCUT2D eigenvalue weighted by Gasteiger charge is 2.42. The van der Waals surface area contributed by atoms with Gasteiger partial charge in [0, 0.05) is 11.3 Å². The van der Waals surface area contributed by atoms with E-state index in [0.29, 0.717) is 15.7 Å². The zero-order chi connectivity index (χ0) is 19.3. The standard InChI is InChI=1S/C20H18BrN3O3/c1-10(2)17-18(11-3-6-16(25)13(21)7-11)24(20(27)19(17)26)12-4-5-14-15(8-12)23-9-22-14/h3-10,18,25-26H,1-2H3,(H,22,23). The average Bonchev–Trinajstić information content (AvgIpc) is 3.20. The molecule has 1 aromatic heterocycles. The van der Waals surface area contributed by atoms with Gasteiger partial charge in [0.1, 0.15) is 5.75 Å². The topological polar surface area (TPSA) is 89.5 Å². The van der Waals surface area contributed by atoms with Gasteiger partial charge in [-0.15, -0.1) is 0 Å². The third-order valence-electron chi connectivity index (χ3n) is 4.84. The first-order valence-corrected chi connectivity index (χ1v) is 9.36. The minimum atomic E-state index is -0.467. The molecule has 0 saturated carbocycles. The number of halogens is 1. The van der Waals surface area contributed by atoms with Crippen molar-refractivity contribution in [3.63, 3.8) is 0 Å². The summed E-state index contributed by atoms with van der Waals surface area (Å²) in [5, 5.41) is 20.4. The van der Waals surface area contributed by atoms with Crippen LogP contribution in [0.2, 0.25) is 0 Å². The number of rotatable bonds is 3. The summed E-state index contributed by atoms with van der Waals surface area (Å²) in [6.45, 7) is 3.89. The number of aromatic nitrogens is 2. The molecular weight excluding hydrogens is 410 g/mol. The molecule has 27 heavy (non-hydrogen) atoms. The van der Waals surface area contributed by atoms with Crippen molar-refractivity contribution in [3.8, 4) is 5.75 Å². The van der Waals surface area contributed by atoms with E-state index in [1.807, 2.05) is 32.0 Å². The summed E-state index contributed by atoms with van der Waals surface area (Å²) in [5.41, 5.74) is 3.71. The summed E-state index contributed by atoms with van der Waals surface area (Å²) in [5.74, 6) is -0.582. The number of hydrogen-bond donors (Lipinski definition) is 3. The number of carbonyl (C=O) groups excluding carboxylic acids is 1. The summed E-state index contributed by atoms with van der Waals surface area (Å²) in [7, 11) is 0. The Bertz CT molecular complexity index is 1090. The first-order chi connectivity index (χ1) is 12.9. The Morgan fingerprint density at radius 1 is 1.19 bits per heavy atom. The highest BCUT2D eigenvalue weighted by atomic mass is 79.9. The van der Waals surface area contributed by atoms with Crippen molar-refractivity contribution >= 4 is 38.6 Å². The second kappa shape index (κ2) is 6.42. The molecule has 4 rings (SSSR count). The molecule has 2 heterocycles. The molecule has 7 heteroatoms. The third-order valence-corrected chi connectivity index (χ3v) is 5.48. The minimum absolute atomic E-state index is 0.0364. The van der Waals surface area contributed by atoms with Crippen molar-refractivity contribution in [3.05, 3.63) is 64.1 Å². The van der Waals surface area contributed by atoms with Crippen LogP contribution in [0.4, 0.5) is 5.69 Å². The Morgan fingerprint density at radius 3 is 2.67 bits per heavy atom. The van der Waals surface area contributed by atoms with Gasteiger partial charge in [-0.25, -0.2) is 4.98 Å². The smallest absolute Gasteiger partial charge is 0.293 e. The number of H-pyrrole nitrogens is 1. The highest BCUT2D eigenvalue weighted by Crippen LogP contribution is 2.45. The van der Waals surface area contributed by atoms with Crippen LogP contribution in [0.15, 0.2) is 58.5 Å². The van der Waals surface area contributed by atoms with E-state index in [9.17, 15) is 15.0 Å². The molecule has 138 valence electrons. The van der Waals surface area contributed by atoms with Crippen LogP contribution >= 0.6 is 15.9 Å². The Labute approximate surface area is 164 Å². The number of imidazole rings is 1. The van der Waals surface area contributed by atoms with E-state index >= 15 is 0 Å². The summed E-state index contributed by atoms with van der Waals surface area (Å²) in [4.78, 5) is 21.8. The van der Waals surface area contributed by atoms with Crippen LogP contribution in [0.3, 0.4) is 0 Å². The lowest BCUT2D eigenvalue weighted by Crippen LogP contribution is -2.30. The maximum Gasteiger partial charge on any atom is 0.293 e. The number of aliphatic hydroxyl groups is 1. The fraction of sp³-hybridized carbons (Fsp3) is 0.200. The van der Waals surface area contributed by atoms with E-state index in [2.05, 4.69) is 25.9 Å². The summed E-state index contributed by atoms with van der Waals surface area (Å²) in [6, 6.07) is 10.2. The fourth-order valence-electron chi connectivity index (χ4n) is 3.57. The van der Waals surface area contributed by atoms with Crippen LogP contribution in [0, 0.1) is 5.92 Å². The molecule has 1 unspecified atom stereocenters. The molecule has 1 atom stereocenters. The van der Waals surface area contributed by atoms with E-state index in [1.54, 1.807) is 29.4 Å². The SMILES string of the molecule is CC(C)C1=C(O)C(=O)N(c2ccc3[nH]cnc3c2)C1c1ccc(O)c(Br)c1. The minimum Gasteiger partial charge on any atom is -0.507 e. The fourth-order valence-corrected chi connectivity index (χ4v) is 3.97. The molecule has 0 bridgehead atoms. The summed E-state index contributed by atoms with van der Waals surface area (Å²) >= 11 is 3.34. The van der Waals surface area contributed by atoms with Crippen LogP contribution in [0.5, 0.6) is 5.75 Å². The first-order valence-electron chi connectivity index (χ1n) is 8.56. The van der Waals surface area contributed by atoms with Crippen LogP contribution in [0.1, 0.15) is 25.5 Å². The number of nitrogens with zero attached hydrogens (tertiary/aromatic N) is 2. The van der Waals surface area contributed by atoms with E-state index in [0.717, 1.165) is 16.6 Å². The Kier molecular flexibility index (Phi) is 4.19. The van der Waals surface area contributed by atoms with Gasteiger partial charge < -0.3 is 15.2 Å². The van der Waals surface area contributed by atoms with Crippen LogP contribution < -0.4 is 4.90 Å². The zero-order valence-corrected chi connectivity index (χ0v) is 16.4. The molecule has 6 nitrogen and oxygen atoms in total. The molecule has 0 radical (unpaired) electrons. The quantitative estimate of drug-likeness (QED) is 0.570. The largest absolute Gasteiger partial charge is 0.507 e. The summed E-state index contributed by atoms with van der Waals surface area (Å²) < 4.78 is 0.532. The maximum absolute atomic E-state index is 13.0. The maximum atomic E-state index is 13.0. The van der Waals surface area contributed by atoms with Gasteiger partial charge in [0.05, 0.1) is 27.9 Å². The monoisotopic (exact) mass is 427 g/mol. The number of fused-ring (bicyclic) bond motifs is 1. The number of aromatic amines is 1. The normalized spacial score (nSPS) is 17.6. The predicted octanol–water partition coefficient (Wildman–Crippen LogP) is 4.59. The van der Waals surface area contributed by atoms with Crippen LogP contribution in [-0.4, -0.2) is 26.1 Å². The van der Waals surface area contributed by atoms with Crippen molar-refractivity contribution in [2.75, 3.05) is 4.90 Å². The number of nitrogens with one attached hydrogen (secondary N) is 1. The predicted molar refractivity (Wildman–Crippen MR) is 107 cm³/mol. The van der Waals surface area contributed by atoms with Gasteiger partial charge in [-0.2, -0.15) is 0 Å². The van der Waals surface area contributed by atoms with Crippen molar-refractivity contribution in [1.29, 1.82) is 0 Å². The molecule has 0 saturated heterocycles. The van der Waals surface area contributed by atoms with Gasteiger partial charge >= 0.3 is 0 Å². The molecule has 1 amide bonds. The van der Waals surface area contributed by atoms with Gasteiger partial charge in [0.25, 0.3) is 5.91 Å². The average molecular weight is 428 g/mol. The Morgan fingerprint density at radius 2 is 1.96 bits per heavy atom. The molecule has 3 aromatic rings. The molecule has 0 aliphatic carbocycles. The second-order valence-corrected chi connectivity index (χ2v) is 7.71. The van der Waals surface area contributed by atoms with Crippen molar-refractivity contribution < 1.29 is 15.0 Å². The lowest BCUT2D eigenvalue weighted by molar-refractivity contribution is -0.117. The number of phenols is 1. The van der Waals surface area contributed by atoms with E-state index in [-0.39, 0.29) is 17.4 Å². The molecular formula is C20H18BrN3O3. The molecule has 3 N–H and O–H groups in total. The molecule has 0 fully saturated rings. The third kappa shape index (κ3) is 2.78. The number of amides is 1. The van der Waals surface area contributed by atoms with Gasteiger partial charge in [-0.05, 0) is 57.7 Å². The van der Waals surface area contributed by atoms with Crippen LogP contribution in [0.25, 0.3) is 11.0 Å². The van der Waals surface area contributed by atoms with Gasteiger partial charge in [0.15, 0.2) is 5.76 Å². The Hall–Kier alpha value is -2.80. The molecule has 1 aliphatic rings. The number of aromatic hydroxyl groups is 1. The number of phenolic OH excluding ortho intramolecular Hbond substituents is 1. The van der Waals surface area contributed by atoms with Crippen LogP contribution in [-0.2, 0) is 4.79 Å².